The number of aromatic nitrogens is 1. The van der Waals surface area contributed by atoms with E-state index < -0.39 is 5.97 Å². The highest BCUT2D eigenvalue weighted by Gasteiger charge is 2.08. The molecule has 0 amide bonds. The molecule has 2 aromatic heterocycles. The zero-order valence-electron chi connectivity index (χ0n) is 8.77. The average molecular weight is 253 g/mol. The summed E-state index contributed by atoms with van der Waals surface area (Å²) in [7, 11) is 0. The van der Waals surface area contributed by atoms with Crippen LogP contribution in [0.25, 0.3) is 10.6 Å². The van der Waals surface area contributed by atoms with Crippen molar-refractivity contribution in [3.63, 3.8) is 0 Å². The van der Waals surface area contributed by atoms with Crippen molar-refractivity contribution in [3.05, 3.63) is 27.4 Å². The van der Waals surface area contributed by atoms with Crippen molar-refractivity contribution >= 4 is 28.6 Å². The summed E-state index contributed by atoms with van der Waals surface area (Å²) < 4.78 is 0. The lowest BCUT2D eigenvalue weighted by molar-refractivity contribution is -0.136. The molecule has 3 nitrogen and oxygen atoms in total. The zero-order valence-corrected chi connectivity index (χ0v) is 10.4. The van der Waals surface area contributed by atoms with Crippen molar-refractivity contribution < 1.29 is 9.90 Å². The van der Waals surface area contributed by atoms with Gasteiger partial charge >= 0.3 is 5.97 Å². The first kappa shape index (κ1) is 11.3. The Morgan fingerprint density at radius 3 is 2.94 bits per heavy atom. The van der Waals surface area contributed by atoms with Gasteiger partial charge in [0.25, 0.3) is 0 Å². The van der Waals surface area contributed by atoms with E-state index in [2.05, 4.69) is 11.9 Å². The van der Waals surface area contributed by atoms with Gasteiger partial charge in [-0.15, -0.1) is 22.7 Å². The third-order valence-electron chi connectivity index (χ3n) is 2.09. The highest BCUT2D eigenvalue weighted by molar-refractivity contribution is 7.16. The van der Waals surface area contributed by atoms with Gasteiger partial charge in [0.15, 0.2) is 0 Å². The lowest BCUT2D eigenvalue weighted by Gasteiger charge is -1.89. The lowest BCUT2D eigenvalue weighted by atomic mass is 10.3. The molecule has 0 spiro atoms. The van der Waals surface area contributed by atoms with Crippen LogP contribution in [0.4, 0.5) is 0 Å². The van der Waals surface area contributed by atoms with Crippen molar-refractivity contribution in [3.8, 4) is 10.6 Å². The Bertz CT molecular complexity index is 502. The minimum Gasteiger partial charge on any atom is -0.481 e. The van der Waals surface area contributed by atoms with E-state index in [0.717, 1.165) is 26.9 Å². The van der Waals surface area contributed by atoms with Crippen molar-refractivity contribution in [2.75, 3.05) is 0 Å². The molecule has 0 atom stereocenters. The topological polar surface area (TPSA) is 50.2 Å². The van der Waals surface area contributed by atoms with Crippen LogP contribution in [0.2, 0.25) is 0 Å². The number of thiophene rings is 1. The second-order valence-corrected chi connectivity index (χ2v) is 5.43. The molecule has 0 saturated heterocycles. The van der Waals surface area contributed by atoms with E-state index in [-0.39, 0.29) is 6.42 Å². The number of rotatable bonds is 4. The Morgan fingerprint density at radius 2 is 2.31 bits per heavy atom. The lowest BCUT2D eigenvalue weighted by Crippen LogP contribution is -1.96. The Kier molecular flexibility index (Phi) is 3.36. The summed E-state index contributed by atoms with van der Waals surface area (Å²) in [4.78, 5) is 16.9. The number of hydrogen-bond donors (Lipinski definition) is 1. The predicted octanol–water partition coefficient (Wildman–Crippen LogP) is 3.06. The first-order valence-electron chi connectivity index (χ1n) is 4.94. The number of nitrogens with zero attached hydrogens (tertiary/aromatic N) is 1. The maximum absolute atomic E-state index is 10.6. The van der Waals surface area contributed by atoms with E-state index in [1.54, 1.807) is 11.3 Å². The van der Waals surface area contributed by atoms with E-state index in [0.29, 0.717) is 0 Å². The molecule has 0 unspecified atom stereocenters. The van der Waals surface area contributed by atoms with Crippen LogP contribution in [0.5, 0.6) is 0 Å². The molecule has 0 aliphatic heterocycles. The standard InChI is InChI=1S/C11H11NO2S2/c1-2-10-12-8(6-15-10)9-4-3-7(16-9)5-11(13)14/h3-4,6H,2,5H2,1H3,(H,13,14). The van der Waals surface area contributed by atoms with Gasteiger partial charge in [-0.25, -0.2) is 4.98 Å². The van der Waals surface area contributed by atoms with Gasteiger partial charge in [0, 0.05) is 10.3 Å². The molecule has 2 aromatic rings. The van der Waals surface area contributed by atoms with Gasteiger partial charge in [-0.05, 0) is 18.6 Å². The predicted molar refractivity (Wildman–Crippen MR) is 66.1 cm³/mol. The van der Waals surface area contributed by atoms with Gasteiger partial charge in [0.2, 0.25) is 0 Å². The summed E-state index contributed by atoms with van der Waals surface area (Å²) in [6.07, 6.45) is 1.04. The van der Waals surface area contributed by atoms with E-state index in [1.807, 2.05) is 17.5 Å². The van der Waals surface area contributed by atoms with Gasteiger partial charge in [-0.1, -0.05) is 6.92 Å². The monoisotopic (exact) mass is 253 g/mol. The minimum atomic E-state index is -0.791. The van der Waals surface area contributed by atoms with Crippen molar-refractivity contribution in [2.24, 2.45) is 0 Å². The van der Waals surface area contributed by atoms with Crippen LogP contribution in [0.3, 0.4) is 0 Å². The van der Waals surface area contributed by atoms with Crippen molar-refractivity contribution in [2.45, 2.75) is 19.8 Å². The molecule has 0 fully saturated rings. The van der Waals surface area contributed by atoms with Gasteiger partial charge in [0.1, 0.15) is 0 Å². The summed E-state index contributed by atoms with van der Waals surface area (Å²) in [6.45, 7) is 2.08. The summed E-state index contributed by atoms with van der Waals surface area (Å²) in [5, 5.41) is 11.8. The number of thiazole rings is 1. The highest BCUT2D eigenvalue weighted by Crippen LogP contribution is 2.29. The quantitative estimate of drug-likeness (QED) is 0.911. The second-order valence-electron chi connectivity index (χ2n) is 3.32. The van der Waals surface area contributed by atoms with Gasteiger partial charge < -0.3 is 5.11 Å². The molecule has 0 aromatic carbocycles. The number of aliphatic carboxylic acids is 1. The van der Waals surface area contributed by atoms with Crippen LogP contribution >= 0.6 is 22.7 Å². The Morgan fingerprint density at radius 1 is 1.50 bits per heavy atom. The first-order chi connectivity index (χ1) is 7.69. The fourth-order valence-electron chi connectivity index (χ4n) is 1.35. The van der Waals surface area contributed by atoms with Gasteiger partial charge in [-0.2, -0.15) is 0 Å². The minimum absolute atomic E-state index is 0.0927. The number of aryl methyl sites for hydroxylation is 1. The van der Waals surface area contributed by atoms with Crippen LogP contribution in [0.15, 0.2) is 17.5 Å². The molecule has 0 bridgehead atoms. The van der Waals surface area contributed by atoms with Crippen molar-refractivity contribution in [1.82, 2.24) is 4.98 Å². The fourth-order valence-corrected chi connectivity index (χ4v) is 3.13. The van der Waals surface area contributed by atoms with Crippen LogP contribution in [0, 0.1) is 0 Å². The third-order valence-corrected chi connectivity index (χ3v) is 4.19. The molecular formula is C11H11NO2S2. The molecule has 16 heavy (non-hydrogen) atoms. The Labute approximate surface area is 101 Å². The van der Waals surface area contributed by atoms with Gasteiger partial charge in [0.05, 0.1) is 22.0 Å². The largest absolute Gasteiger partial charge is 0.481 e. The number of carboxylic acids is 1. The number of carboxylic acid groups (broad SMARTS) is 1. The molecule has 2 heterocycles. The van der Waals surface area contributed by atoms with Crippen LogP contribution in [-0.2, 0) is 17.6 Å². The SMILES string of the molecule is CCc1nc(-c2ccc(CC(=O)O)s2)cs1. The van der Waals surface area contributed by atoms with Crippen molar-refractivity contribution in [1.29, 1.82) is 0 Å². The van der Waals surface area contributed by atoms with E-state index in [9.17, 15) is 4.79 Å². The Hall–Kier alpha value is -1.20. The van der Waals surface area contributed by atoms with Crippen LogP contribution < -0.4 is 0 Å². The molecule has 2 rings (SSSR count). The molecule has 84 valence electrons. The smallest absolute Gasteiger partial charge is 0.308 e. The summed E-state index contributed by atoms with van der Waals surface area (Å²) in [6, 6.07) is 3.80. The number of carbonyl (C=O) groups is 1. The molecule has 0 aliphatic rings. The maximum Gasteiger partial charge on any atom is 0.308 e. The molecule has 0 aliphatic carbocycles. The second kappa shape index (κ2) is 4.76. The number of hydrogen-bond acceptors (Lipinski definition) is 4. The van der Waals surface area contributed by atoms with Gasteiger partial charge in [-0.3, -0.25) is 4.79 Å². The summed E-state index contributed by atoms with van der Waals surface area (Å²) in [5.74, 6) is -0.791. The average Bonchev–Trinajstić information content (AvgIpc) is 2.83. The summed E-state index contributed by atoms with van der Waals surface area (Å²) in [5.41, 5.74) is 0.962. The highest BCUT2D eigenvalue weighted by atomic mass is 32.1. The zero-order chi connectivity index (χ0) is 11.5. The Balaban J connectivity index is 2.20. The third kappa shape index (κ3) is 2.48. The molecular weight excluding hydrogens is 242 g/mol. The normalized spacial score (nSPS) is 10.6. The molecule has 5 heteroatoms. The first-order valence-corrected chi connectivity index (χ1v) is 6.64. The van der Waals surface area contributed by atoms with Crippen LogP contribution in [0.1, 0.15) is 16.8 Å². The van der Waals surface area contributed by atoms with E-state index in [4.69, 9.17) is 5.11 Å². The molecule has 1 N–H and O–H groups in total. The fraction of sp³-hybridized carbons (Fsp3) is 0.273. The summed E-state index contributed by atoms with van der Waals surface area (Å²) >= 11 is 3.15. The van der Waals surface area contributed by atoms with Crippen LogP contribution in [-0.4, -0.2) is 16.1 Å². The van der Waals surface area contributed by atoms with E-state index >= 15 is 0 Å². The maximum atomic E-state index is 10.6. The molecule has 0 radical (unpaired) electrons. The van der Waals surface area contributed by atoms with E-state index in [1.165, 1.54) is 11.3 Å². The molecule has 0 saturated carbocycles.